The number of methoxy groups -OCH3 is 2. The summed E-state index contributed by atoms with van der Waals surface area (Å²) < 4.78 is 235. The van der Waals surface area contributed by atoms with Gasteiger partial charge in [0.25, 0.3) is 23.3 Å². The molecular weight excluding hydrogens is 1590 g/mol. The predicted molar refractivity (Wildman–Crippen MR) is 385 cm³/mol. The molecule has 45 heteroatoms. The molecule has 9 heterocycles. The number of carbonyl (C=O) groups is 3. The van der Waals surface area contributed by atoms with Crippen LogP contribution in [0.3, 0.4) is 0 Å². The molecule has 3 aliphatic rings. The number of carbonyl (C=O) groups excluding carboxylic acids is 3. The third-order valence-electron chi connectivity index (χ3n) is 18.0. The number of benzene rings is 4. The van der Waals surface area contributed by atoms with Crippen LogP contribution in [-0.2, 0) is 45.2 Å². The molecule has 0 spiro atoms. The van der Waals surface area contributed by atoms with Crippen molar-refractivity contribution in [3.8, 4) is 56.0 Å². The molecule has 114 heavy (non-hydrogen) atoms. The smallest absolute Gasteiger partial charge is 0.433 e. The Morgan fingerprint density at radius 3 is 1.42 bits per heavy atom. The van der Waals surface area contributed by atoms with Gasteiger partial charge in [0.1, 0.15) is 52.4 Å². The number of aromatic nitrogens is 7. The maximum Gasteiger partial charge on any atom is 0.433 e. The summed E-state index contributed by atoms with van der Waals surface area (Å²) in [6, 6.07) is 7.13. The van der Waals surface area contributed by atoms with Crippen LogP contribution in [0.25, 0.3) is 61.3 Å². The molecule has 18 N–H and O–H groups in total. The molecule has 0 bridgehead atoms. The van der Waals surface area contributed by atoms with Crippen LogP contribution in [0.5, 0.6) is 11.5 Å². The topological polar surface area (TPSA) is 401 Å². The summed E-state index contributed by atoms with van der Waals surface area (Å²) in [6.07, 6.45) is -15.1. The lowest BCUT2D eigenvalue weighted by molar-refractivity contribution is -0.142. The van der Waals surface area contributed by atoms with Gasteiger partial charge in [-0.1, -0.05) is 23.2 Å². The number of nitrogens with two attached hydrogens (primary N) is 7. The zero-order valence-corrected chi connectivity index (χ0v) is 61.6. The van der Waals surface area contributed by atoms with E-state index >= 15 is 0 Å². The maximum absolute atomic E-state index is 14.4. The minimum Gasteiger partial charge on any atom is -0.493 e. The molecule has 4 unspecified atom stereocenters. The van der Waals surface area contributed by atoms with E-state index in [2.05, 4.69) is 46.2 Å². The standard InChI is InChI=1S/C19H14F5N5O2.C18H18F5N5O2.C16H13ClF5N5O.C16H18ClFN6O/c1-28-17(30)13-12(9-5-8(20)6-11(21)14(9)31-2)10(7-25)15(19(22,23)24)27-16(13)29-4-3-26-18(28)29;1-25-17-27-15-12(16(29)28(17)2)11(9(6-24)14(26-15)18(21,22)23)8-4-7(19)5-10(20)13(8)30-3;1-27-14(28)10-9(6-2-5(18)3-8(19)11(6)17)7(4-23)12(16(20,21)22)25-13(10)26-15(27)24;1-6(19)10-11(8-5-7(18)3-4-9(8)17)12-14(22-13(10)20)23-16(21)24(2)15(12)25/h3-6H,7,25H2,1-2H3;4-5,17,25H,6,24H2,1-3H3,(H,26,27);2-3,15H,4,23-24H2,1H3,(H,25,26);3-6,16H,19,21H2,1-2H3,(H3,20,22,23). The molecule has 0 radical (unpaired) electrons. The van der Waals surface area contributed by atoms with Crippen LogP contribution in [0.2, 0.25) is 10.0 Å². The van der Waals surface area contributed by atoms with E-state index in [1.54, 1.807) is 14.0 Å². The average molecular weight is 1660 g/mol. The number of anilines is 4. The number of nitrogens with one attached hydrogen (secondary N) is 4. The summed E-state index contributed by atoms with van der Waals surface area (Å²) >= 11 is 12.2. The van der Waals surface area contributed by atoms with Crippen LogP contribution >= 0.6 is 23.2 Å². The largest absolute Gasteiger partial charge is 0.493 e. The lowest BCUT2D eigenvalue weighted by Gasteiger charge is -2.36. The Balaban J connectivity index is 0.000000161. The molecule has 10 aromatic rings. The Hall–Kier alpha value is -11.5. The Bertz CT molecular complexity index is 5620. The molecule has 6 aromatic heterocycles. The number of aryl methyl sites for hydroxylation is 1. The first-order valence-corrected chi connectivity index (χ1v) is 33.5. The SMILES string of the molecule is CC(N)c1c(N)nc2c(c1-c1cc(F)ccc1Cl)C(=O)N(C)C(N)N2.CN1C(=O)c2c(nc(C(F)(F)F)c(CN)c2-c2cc(F)cc(F)c2Cl)NC1N.CNC1Nc2nc(C(F)(F)F)c(CN)c(-c3cc(F)cc(F)c3OC)c2C(=O)N1C.COc1c(F)cc(F)cc1-c1c(CN)c(C(F)(F)F)nc2c1c(=O)n(C)c1nccn21. The highest BCUT2D eigenvalue weighted by atomic mass is 35.5. The molecule has 4 aromatic carbocycles. The van der Waals surface area contributed by atoms with Gasteiger partial charge in [0, 0.05) is 156 Å². The second kappa shape index (κ2) is 32.2. The highest BCUT2D eigenvalue weighted by molar-refractivity contribution is 6.34. The van der Waals surface area contributed by atoms with Crippen molar-refractivity contribution in [2.24, 2.45) is 41.4 Å². The van der Waals surface area contributed by atoms with Crippen LogP contribution in [0.4, 0.5) is 93.5 Å². The third kappa shape index (κ3) is 15.5. The number of ether oxygens (including phenoxy) is 2. The summed E-state index contributed by atoms with van der Waals surface area (Å²) in [7, 11) is 9.22. The first-order chi connectivity index (χ1) is 53.3. The summed E-state index contributed by atoms with van der Waals surface area (Å²) in [5.74, 6) is -10.7. The van der Waals surface area contributed by atoms with Crippen LogP contribution in [0.15, 0.2) is 71.8 Å². The van der Waals surface area contributed by atoms with Gasteiger partial charge in [0.15, 0.2) is 64.7 Å². The molecule has 3 aliphatic heterocycles. The number of rotatable bonds is 11. The first-order valence-electron chi connectivity index (χ1n) is 32.7. The Kier molecular flexibility index (Phi) is 24.0. The molecule has 4 atom stereocenters. The lowest BCUT2D eigenvalue weighted by atomic mass is 9.90. The van der Waals surface area contributed by atoms with Crippen molar-refractivity contribution < 1.29 is 94.1 Å². The fourth-order valence-electron chi connectivity index (χ4n) is 12.9. The van der Waals surface area contributed by atoms with Crippen LogP contribution < -0.4 is 76.4 Å². The van der Waals surface area contributed by atoms with E-state index in [4.69, 9.17) is 72.8 Å². The maximum atomic E-state index is 14.4. The molecule has 0 saturated carbocycles. The Labute approximate surface area is 642 Å². The third-order valence-corrected chi connectivity index (χ3v) is 18.8. The van der Waals surface area contributed by atoms with Gasteiger partial charge in [-0.3, -0.25) is 44.9 Å². The minimum atomic E-state index is -4.97. The van der Waals surface area contributed by atoms with Gasteiger partial charge in [0.05, 0.1) is 41.3 Å². The van der Waals surface area contributed by atoms with Crippen molar-refractivity contribution in [2.45, 2.75) is 70.0 Å². The fourth-order valence-corrected chi connectivity index (χ4v) is 13.3. The number of pyridine rings is 4. The van der Waals surface area contributed by atoms with Gasteiger partial charge < -0.3 is 68.8 Å². The quantitative estimate of drug-likeness (QED) is 0.0423. The number of alkyl halides is 9. The van der Waals surface area contributed by atoms with E-state index in [1.165, 1.54) is 73.0 Å². The second-order valence-corrected chi connectivity index (χ2v) is 25.8. The average Bonchev–Trinajstić information content (AvgIpc) is 1.20. The van der Waals surface area contributed by atoms with E-state index < -0.39 is 211 Å². The summed E-state index contributed by atoms with van der Waals surface area (Å²) in [5.41, 5.74) is 31.4. The van der Waals surface area contributed by atoms with E-state index in [9.17, 15) is 89.4 Å². The van der Waals surface area contributed by atoms with E-state index in [0.29, 0.717) is 34.9 Å². The predicted octanol–water partition coefficient (Wildman–Crippen LogP) is 10.3. The van der Waals surface area contributed by atoms with Crippen LogP contribution in [0.1, 0.15) is 83.4 Å². The van der Waals surface area contributed by atoms with Gasteiger partial charge in [-0.25, -0.2) is 55.7 Å². The summed E-state index contributed by atoms with van der Waals surface area (Å²) in [4.78, 5) is 74.2. The van der Waals surface area contributed by atoms with Gasteiger partial charge in [-0.2, -0.15) is 39.5 Å². The molecule has 606 valence electrons. The van der Waals surface area contributed by atoms with Crippen molar-refractivity contribution in [1.82, 2.24) is 53.9 Å². The first kappa shape index (κ1) is 85.0. The van der Waals surface area contributed by atoms with E-state index in [1.807, 2.05) is 0 Å². The van der Waals surface area contributed by atoms with Crippen LogP contribution in [-0.4, -0.2) is 128 Å². The van der Waals surface area contributed by atoms with Gasteiger partial charge in [-0.15, -0.1) is 0 Å². The van der Waals surface area contributed by atoms with Gasteiger partial charge in [-0.05, 0) is 50.4 Å². The Morgan fingerprint density at radius 1 is 0.544 bits per heavy atom. The van der Waals surface area contributed by atoms with Gasteiger partial charge in [0.2, 0.25) is 5.78 Å². The number of nitrogens with zero attached hydrogens (tertiary/aromatic N) is 10. The molecular formula is C69H63Cl2F16N21O6. The second-order valence-electron chi connectivity index (χ2n) is 25.0. The number of hydrogen-bond donors (Lipinski definition) is 11. The highest BCUT2D eigenvalue weighted by Crippen LogP contribution is 2.49. The van der Waals surface area contributed by atoms with Crippen molar-refractivity contribution in [2.75, 3.05) is 64.1 Å². The molecule has 0 saturated heterocycles. The van der Waals surface area contributed by atoms with Crippen molar-refractivity contribution >= 4 is 81.0 Å². The zero-order chi connectivity index (χ0) is 84.5. The van der Waals surface area contributed by atoms with Gasteiger partial charge >= 0.3 is 18.5 Å². The molecule has 0 fully saturated rings. The number of hydrogen-bond acceptors (Lipinski definition) is 22. The summed E-state index contributed by atoms with van der Waals surface area (Å²) in [6.45, 7) is -0.424. The van der Waals surface area contributed by atoms with Crippen molar-refractivity contribution in [1.29, 1.82) is 0 Å². The molecule has 27 nitrogen and oxygen atoms in total. The Morgan fingerprint density at radius 2 is 0.956 bits per heavy atom. The zero-order valence-electron chi connectivity index (χ0n) is 60.0. The number of imidazole rings is 1. The minimum absolute atomic E-state index is 0.0296. The number of amides is 3. The monoisotopic (exact) mass is 1660 g/mol. The van der Waals surface area contributed by atoms with Crippen molar-refractivity contribution in [3.05, 3.63) is 184 Å². The molecule has 13 rings (SSSR count). The number of fused-ring (bicyclic) bond motifs is 6. The fraction of sp³-hybridized carbons (Fsp3) is 0.261. The molecule has 3 amide bonds. The normalized spacial score (nSPS) is 15.7. The number of halogens is 18. The molecule has 0 aliphatic carbocycles. The van der Waals surface area contributed by atoms with Crippen molar-refractivity contribution in [3.63, 3.8) is 0 Å². The van der Waals surface area contributed by atoms with Crippen LogP contribution in [0, 0.1) is 40.7 Å². The van der Waals surface area contributed by atoms with E-state index in [-0.39, 0.29) is 61.6 Å². The summed E-state index contributed by atoms with van der Waals surface area (Å²) in [5, 5.41) is 10.1. The van der Waals surface area contributed by atoms with E-state index in [0.717, 1.165) is 41.9 Å². The lowest BCUT2D eigenvalue weighted by Crippen LogP contribution is -2.54. The number of nitrogen functional groups attached to an aromatic ring is 1. The highest BCUT2D eigenvalue weighted by Gasteiger charge is 2.46.